The Labute approximate surface area is 154 Å². The van der Waals surface area contributed by atoms with E-state index < -0.39 is 0 Å². The van der Waals surface area contributed by atoms with Crippen molar-refractivity contribution in [2.75, 3.05) is 19.7 Å². The van der Waals surface area contributed by atoms with E-state index >= 15 is 0 Å². The summed E-state index contributed by atoms with van der Waals surface area (Å²) in [5, 5.41) is 4.61. The number of hydrogen-bond donors (Lipinski definition) is 0. The zero-order chi connectivity index (χ0) is 17.9. The van der Waals surface area contributed by atoms with Gasteiger partial charge in [0.05, 0.1) is 5.92 Å². The van der Waals surface area contributed by atoms with Crippen molar-refractivity contribution in [3.8, 4) is 17.1 Å². The number of carbonyl (C=O) groups is 1. The lowest BCUT2D eigenvalue weighted by molar-refractivity contribution is -0.138. The highest BCUT2D eigenvalue weighted by Crippen LogP contribution is 2.27. The first kappa shape index (κ1) is 16.5. The Morgan fingerprint density at radius 1 is 1.19 bits per heavy atom. The fourth-order valence-corrected chi connectivity index (χ4v) is 2.75. The Kier molecular flexibility index (Phi) is 4.53. The van der Waals surface area contributed by atoms with E-state index in [1.54, 1.807) is 41.6 Å². The van der Waals surface area contributed by atoms with E-state index in [9.17, 15) is 4.79 Å². The predicted molar refractivity (Wildman–Crippen MR) is 93.8 cm³/mol. The van der Waals surface area contributed by atoms with Crippen molar-refractivity contribution >= 4 is 17.5 Å². The first-order valence-corrected chi connectivity index (χ1v) is 8.47. The van der Waals surface area contributed by atoms with Crippen LogP contribution in [-0.2, 0) is 4.79 Å². The molecule has 132 valence electrons. The van der Waals surface area contributed by atoms with Crippen LogP contribution in [0.5, 0.6) is 5.75 Å². The standard InChI is InChI=1S/C18H15ClN4O3/c19-14-1-3-15(4-2-14)25-11-16(24)23-9-13(10-23)18-21-17(22-26-18)12-5-7-20-8-6-12/h1-8,13H,9-11H2. The third-order valence-corrected chi connectivity index (χ3v) is 4.39. The molecule has 0 radical (unpaired) electrons. The molecule has 3 heterocycles. The van der Waals surface area contributed by atoms with Gasteiger partial charge in [-0.25, -0.2) is 0 Å². The number of hydrogen-bond acceptors (Lipinski definition) is 6. The van der Waals surface area contributed by atoms with Crippen molar-refractivity contribution in [3.05, 3.63) is 59.7 Å². The molecule has 26 heavy (non-hydrogen) atoms. The summed E-state index contributed by atoms with van der Waals surface area (Å²) in [4.78, 5) is 22.3. The molecular weight excluding hydrogens is 356 g/mol. The maximum Gasteiger partial charge on any atom is 0.260 e. The van der Waals surface area contributed by atoms with Gasteiger partial charge in [0.1, 0.15) is 5.75 Å². The molecule has 0 unspecified atom stereocenters. The average molecular weight is 371 g/mol. The third-order valence-electron chi connectivity index (χ3n) is 4.14. The van der Waals surface area contributed by atoms with Gasteiger partial charge in [0.15, 0.2) is 6.61 Å². The molecule has 1 saturated heterocycles. The van der Waals surface area contributed by atoms with Gasteiger partial charge in [-0.15, -0.1) is 0 Å². The van der Waals surface area contributed by atoms with Gasteiger partial charge in [-0.1, -0.05) is 16.8 Å². The van der Waals surface area contributed by atoms with Crippen LogP contribution in [0.15, 0.2) is 53.3 Å². The molecule has 0 atom stereocenters. The number of carbonyl (C=O) groups excluding carboxylic acids is 1. The van der Waals surface area contributed by atoms with E-state index in [1.807, 2.05) is 12.1 Å². The molecule has 1 amide bonds. The lowest BCUT2D eigenvalue weighted by Crippen LogP contribution is -2.50. The topological polar surface area (TPSA) is 81.4 Å². The summed E-state index contributed by atoms with van der Waals surface area (Å²) in [6.07, 6.45) is 3.35. The molecule has 0 aliphatic carbocycles. The zero-order valence-corrected chi connectivity index (χ0v) is 14.5. The van der Waals surface area contributed by atoms with Crippen LogP contribution < -0.4 is 4.74 Å². The monoisotopic (exact) mass is 370 g/mol. The second-order valence-corrected chi connectivity index (χ2v) is 6.37. The van der Waals surface area contributed by atoms with E-state index in [1.165, 1.54) is 0 Å². The van der Waals surface area contributed by atoms with Crippen molar-refractivity contribution < 1.29 is 14.1 Å². The van der Waals surface area contributed by atoms with Crippen molar-refractivity contribution in [2.45, 2.75) is 5.92 Å². The highest BCUT2D eigenvalue weighted by Gasteiger charge is 2.35. The number of nitrogens with zero attached hydrogens (tertiary/aromatic N) is 4. The molecule has 8 heteroatoms. The molecule has 4 rings (SSSR count). The van der Waals surface area contributed by atoms with Crippen molar-refractivity contribution in [1.82, 2.24) is 20.0 Å². The average Bonchev–Trinajstić information content (AvgIpc) is 3.10. The summed E-state index contributed by atoms with van der Waals surface area (Å²) < 4.78 is 10.8. The van der Waals surface area contributed by atoms with Gasteiger partial charge in [0.2, 0.25) is 11.7 Å². The summed E-state index contributed by atoms with van der Waals surface area (Å²) >= 11 is 5.82. The Hall–Kier alpha value is -2.93. The quantitative estimate of drug-likeness (QED) is 0.687. The van der Waals surface area contributed by atoms with Gasteiger partial charge in [-0.3, -0.25) is 9.78 Å². The number of halogens is 1. The molecule has 7 nitrogen and oxygen atoms in total. The fraction of sp³-hybridized carbons (Fsp3) is 0.222. The Morgan fingerprint density at radius 2 is 1.92 bits per heavy atom. The van der Waals surface area contributed by atoms with Gasteiger partial charge in [-0.2, -0.15) is 4.98 Å². The van der Waals surface area contributed by atoms with E-state index in [-0.39, 0.29) is 18.4 Å². The van der Waals surface area contributed by atoms with Crippen molar-refractivity contribution in [3.63, 3.8) is 0 Å². The SMILES string of the molecule is O=C(COc1ccc(Cl)cc1)N1CC(c2nc(-c3ccncc3)no2)C1. The maximum absolute atomic E-state index is 12.2. The zero-order valence-electron chi connectivity index (χ0n) is 13.7. The van der Waals surface area contributed by atoms with Crippen LogP contribution in [0.4, 0.5) is 0 Å². The van der Waals surface area contributed by atoms with E-state index in [2.05, 4.69) is 15.1 Å². The lowest BCUT2D eigenvalue weighted by atomic mass is 10.0. The van der Waals surface area contributed by atoms with Gasteiger partial charge < -0.3 is 14.2 Å². The molecular formula is C18H15ClN4O3. The summed E-state index contributed by atoms with van der Waals surface area (Å²) in [6.45, 7) is 1.07. The fourth-order valence-electron chi connectivity index (χ4n) is 2.62. The first-order valence-electron chi connectivity index (χ1n) is 8.09. The smallest absolute Gasteiger partial charge is 0.260 e. The van der Waals surface area contributed by atoms with Crippen LogP contribution in [0.1, 0.15) is 11.8 Å². The van der Waals surface area contributed by atoms with Gasteiger partial charge in [0.25, 0.3) is 5.91 Å². The minimum absolute atomic E-state index is 0.0134. The van der Waals surface area contributed by atoms with Crippen molar-refractivity contribution in [1.29, 1.82) is 0 Å². The predicted octanol–water partition coefficient (Wildman–Crippen LogP) is 2.79. The molecule has 0 N–H and O–H groups in total. The molecule has 0 bridgehead atoms. The number of benzene rings is 1. The third kappa shape index (κ3) is 3.52. The molecule has 1 aliphatic heterocycles. The van der Waals surface area contributed by atoms with Crippen LogP contribution >= 0.6 is 11.6 Å². The number of aromatic nitrogens is 3. The Morgan fingerprint density at radius 3 is 2.65 bits per heavy atom. The summed E-state index contributed by atoms with van der Waals surface area (Å²) in [7, 11) is 0. The summed E-state index contributed by atoms with van der Waals surface area (Å²) in [5.74, 6) is 1.65. The molecule has 1 aliphatic rings. The number of likely N-dealkylation sites (tertiary alicyclic amines) is 1. The minimum atomic E-state index is -0.0786. The second kappa shape index (κ2) is 7.13. The highest BCUT2D eigenvalue weighted by molar-refractivity contribution is 6.30. The van der Waals surface area contributed by atoms with E-state index in [4.69, 9.17) is 20.9 Å². The largest absolute Gasteiger partial charge is 0.484 e. The Bertz CT molecular complexity index is 892. The molecule has 1 fully saturated rings. The lowest BCUT2D eigenvalue weighted by Gasteiger charge is -2.36. The number of pyridine rings is 1. The number of rotatable bonds is 5. The first-order chi connectivity index (χ1) is 12.7. The minimum Gasteiger partial charge on any atom is -0.484 e. The highest BCUT2D eigenvalue weighted by atomic mass is 35.5. The molecule has 2 aromatic heterocycles. The molecule has 0 spiro atoms. The summed E-state index contributed by atoms with van der Waals surface area (Å²) in [5.41, 5.74) is 0.846. The molecule has 0 saturated carbocycles. The number of ether oxygens (including phenoxy) is 1. The normalized spacial score (nSPS) is 14.1. The van der Waals surface area contributed by atoms with Crippen LogP contribution in [0, 0.1) is 0 Å². The van der Waals surface area contributed by atoms with Crippen LogP contribution in [0.2, 0.25) is 5.02 Å². The van der Waals surface area contributed by atoms with Crippen LogP contribution in [-0.4, -0.2) is 45.6 Å². The van der Waals surface area contributed by atoms with Gasteiger partial charge in [0, 0.05) is 36.1 Å². The van der Waals surface area contributed by atoms with Gasteiger partial charge in [-0.05, 0) is 36.4 Å². The van der Waals surface area contributed by atoms with E-state index in [0.29, 0.717) is 35.6 Å². The molecule has 1 aromatic carbocycles. The summed E-state index contributed by atoms with van der Waals surface area (Å²) in [6, 6.07) is 10.5. The van der Waals surface area contributed by atoms with Crippen LogP contribution in [0.3, 0.4) is 0 Å². The van der Waals surface area contributed by atoms with E-state index in [0.717, 1.165) is 5.56 Å². The maximum atomic E-state index is 12.2. The molecule has 3 aromatic rings. The number of amides is 1. The Balaban J connectivity index is 1.29. The van der Waals surface area contributed by atoms with Gasteiger partial charge >= 0.3 is 0 Å². The van der Waals surface area contributed by atoms with Crippen molar-refractivity contribution in [2.24, 2.45) is 0 Å². The van der Waals surface area contributed by atoms with Crippen LogP contribution in [0.25, 0.3) is 11.4 Å². The second-order valence-electron chi connectivity index (χ2n) is 5.93.